The normalized spacial score (nSPS) is 12.9. The van der Waals surface area contributed by atoms with Gasteiger partial charge < -0.3 is 18.5 Å². The summed E-state index contributed by atoms with van der Waals surface area (Å²) in [6.07, 6.45) is 36.1. The van der Waals surface area contributed by atoms with Crippen LogP contribution in [0.5, 0.6) is 0 Å². The van der Waals surface area contributed by atoms with Crippen LogP contribution in [0.3, 0.4) is 0 Å². The molecule has 0 N–H and O–H groups in total. The van der Waals surface area contributed by atoms with Crippen LogP contribution in [0.15, 0.2) is 24.3 Å². The first kappa shape index (κ1) is 52.4. The number of halogens is 2. The monoisotopic (exact) mass is 791 g/mol. The zero-order valence-corrected chi connectivity index (χ0v) is 36.0. The second-order valence-corrected chi connectivity index (χ2v) is 16.8. The van der Waals surface area contributed by atoms with Crippen LogP contribution in [0.25, 0.3) is 0 Å². The number of esters is 2. The summed E-state index contributed by atoms with van der Waals surface area (Å²) in [7, 11) is -4.84. The molecule has 0 bridgehead atoms. The van der Waals surface area contributed by atoms with Crippen LogP contribution >= 0.6 is 7.60 Å². The highest BCUT2D eigenvalue weighted by atomic mass is 31.2. The molecule has 0 aliphatic carbocycles. The Bertz CT molecular complexity index is 978. The molecule has 0 amide bonds. The van der Waals surface area contributed by atoms with E-state index in [1.54, 1.807) is 0 Å². The van der Waals surface area contributed by atoms with Gasteiger partial charge in [0.15, 0.2) is 0 Å². The number of unbranched alkanes of at least 4 members (excludes halogenated alkanes) is 22. The summed E-state index contributed by atoms with van der Waals surface area (Å²) in [5, 5.41) is 0. The number of carbonyl (C=O) groups excluding carboxylic acids is 2. The third kappa shape index (κ3) is 30.6. The van der Waals surface area contributed by atoms with Crippen molar-refractivity contribution in [3.63, 3.8) is 0 Å². The van der Waals surface area contributed by atoms with Gasteiger partial charge in [-0.25, -0.2) is 0 Å². The fourth-order valence-corrected chi connectivity index (χ4v) is 7.83. The second-order valence-electron chi connectivity index (χ2n) is 14.7. The summed E-state index contributed by atoms with van der Waals surface area (Å²) in [6, 6.07) is 0. The Morgan fingerprint density at radius 3 is 1.28 bits per heavy atom. The molecule has 1 atom stereocenters. The number of ether oxygens (including phenoxy) is 2. The van der Waals surface area contributed by atoms with Gasteiger partial charge in [-0.3, -0.25) is 14.2 Å². The molecule has 10 heteroatoms. The van der Waals surface area contributed by atoms with Crippen molar-refractivity contribution in [1.82, 2.24) is 0 Å². The predicted octanol–water partition coefficient (Wildman–Crippen LogP) is 14.8. The summed E-state index contributed by atoms with van der Waals surface area (Å²) in [5.41, 5.74) is -3.94. The van der Waals surface area contributed by atoms with Gasteiger partial charge in [0.1, 0.15) is 12.7 Å². The first-order valence-electron chi connectivity index (χ1n) is 22.1. The number of alkyl halides is 2. The molecule has 0 aromatic carbocycles. The zero-order chi connectivity index (χ0) is 40.0. The SMILES string of the molecule is CCCCCCCC/C=C\CCCCCCCC(=O)OC[C@H](CC(F)(F)P(=O)(OCC)OCC)OC(=O)CCCCCCC/C=C\CCCCCCCC. The highest BCUT2D eigenvalue weighted by Crippen LogP contribution is 2.63. The van der Waals surface area contributed by atoms with Crippen molar-refractivity contribution in [3.05, 3.63) is 24.3 Å². The van der Waals surface area contributed by atoms with E-state index in [9.17, 15) is 14.2 Å². The smallest absolute Gasteiger partial charge is 0.399 e. The standard InChI is InChI=1S/C44H81F2O7P/c1-5-9-11-13-15-17-19-21-23-25-27-29-31-33-35-37-42(47)50-40-41(39-44(45,46)54(49,51-7-3)52-8-4)53-43(48)38-36-34-32-30-28-26-24-22-20-18-16-14-12-10-6-2/h21-24,41H,5-20,25-40H2,1-4H3/b23-21-,24-22-/t41-/m0/s1. The lowest BCUT2D eigenvalue weighted by molar-refractivity contribution is -0.162. The van der Waals surface area contributed by atoms with Crippen LogP contribution in [0, 0.1) is 0 Å². The molecule has 0 saturated carbocycles. The minimum absolute atomic E-state index is 0.0671. The van der Waals surface area contributed by atoms with Gasteiger partial charge in [0.25, 0.3) is 0 Å². The Hall–Kier alpha value is -1.57. The lowest BCUT2D eigenvalue weighted by Crippen LogP contribution is -2.33. The van der Waals surface area contributed by atoms with Crippen molar-refractivity contribution in [3.8, 4) is 0 Å². The summed E-state index contributed by atoms with van der Waals surface area (Å²) >= 11 is 0. The Kier molecular flexibility index (Phi) is 36.0. The first-order chi connectivity index (χ1) is 26.2. The molecule has 0 heterocycles. The molecular formula is C44H81F2O7P. The predicted molar refractivity (Wildman–Crippen MR) is 220 cm³/mol. The molecule has 0 unspecified atom stereocenters. The van der Waals surface area contributed by atoms with E-state index in [-0.39, 0.29) is 26.1 Å². The van der Waals surface area contributed by atoms with E-state index < -0.39 is 44.3 Å². The van der Waals surface area contributed by atoms with Crippen LogP contribution in [-0.2, 0) is 32.7 Å². The topological polar surface area (TPSA) is 88.1 Å². The van der Waals surface area contributed by atoms with Gasteiger partial charge in [-0.2, -0.15) is 8.78 Å². The van der Waals surface area contributed by atoms with Crippen molar-refractivity contribution >= 4 is 19.5 Å². The molecular weight excluding hydrogens is 709 g/mol. The molecule has 54 heavy (non-hydrogen) atoms. The van der Waals surface area contributed by atoms with Gasteiger partial charge in [-0.05, 0) is 78.1 Å². The molecule has 0 saturated heterocycles. The lowest BCUT2D eigenvalue weighted by Gasteiger charge is -2.28. The second kappa shape index (κ2) is 37.0. The maximum atomic E-state index is 15.3. The number of allylic oxidation sites excluding steroid dienone is 4. The highest BCUT2D eigenvalue weighted by Gasteiger charge is 2.55. The van der Waals surface area contributed by atoms with E-state index in [2.05, 4.69) is 38.2 Å². The van der Waals surface area contributed by atoms with Gasteiger partial charge in [0.05, 0.1) is 19.6 Å². The Balaban J connectivity index is 4.55. The molecule has 318 valence electrons. The van der Waals surface area contributed by atoms with Crippen molar-refractivity contribution < 1.29 is 41.5 Å². The molecule has 0 aromatic rings. The number of hydrogen-bond acceptors (Lipinski definition) is 7. The summed E-state index contributed by atoms with van der Waals surface area (Å²) < 4.78 is 64.1. The highest BCUT2D eigenvalue weighted by molar-refractivity contribution is 7.55. The average Bonchev–Trinajstić information content (AvgIpc) is 3.13. The van der Waals surface area contributed by atoms with Crippen LogP contribution in [-0.4, -0.2) is 43.5 Å². The van der Waals surface area contributed by atoms with E-state index in [0.29, 0.717) is 12.8 Å². The molecule has 0 aromatic heterocycles. The van der Waals surface area contributed by atoms with Gasteiger partial charge >= 0.3 is 25.2 Å². The van der Waals surface area contributed by atoms with Crippen molar-refractivity contribution in [2.45, 2.75) is 226 Å². The van der Waals surface area contributed by atoms with Crippen LogP contribution in [0.1, 0.15) is 214 Å². The summed E-state index contributed by atoms with van der Waals surface area (Å²) in [6.45, 7) is 6.35. The third-order valence-corrected chi connectivity index (χ3v) is 11.7. The Labute approximate surface area is 330 Å². The van der Waals surface area contributed by atoms with Crippen LogP contribution in [0.2, 0.25) is 0 Å². The minimum Gasteiger partial charge on any atom is -0.462 e. The molecule has 0 aliphatic heterocycles. The third-order valence-electron chi connectivity index (χ3n) is 9.49. The molecule has 0 aliphatic rings. The average molecular weight is 791 g/mol. The lowest BCUT2D eigenvalue weighted by atomic mass is 10.1. The molecule has 7 nitrogen and oxygen atoms in total. The largest absolute Gasteiger partial charge is 0.462 e. The molecule has 0 radical (unpaired) electrons. The van der Waals surface area contributed by atoms with Crippen molar-refractivity contribution in [2.24, 2.45) is 0 Å². The quantitative estimate of drug-likeness (QED) is 0.0264. The molecule has 0 rings (SSSR count). The van der Waals surface area contributed by atoms with Gasteiger partial charge in [0, 0.05) is 12.8 Å². The van der Waals surface area contributed by atoms with E-state index in [4.69, 9.17) is 18.5 Å². The van der Waals surface area contributed by atoms with E-state index in [1.807, 2.05) is 0 Å². The fourth-order valence-electron chi connectivity index (χ4n) is 6.27. The maximum Gasteiger partial charge on any atom is 0.399 e. The summed E-state index contributed by atoms with van der Waals surface area (Å²) in [4.78, 5) is 25.2. The Morgan fingerprint density at radius 1 is 0.537 bits per heavy atom. The number of rotatable bonds is 40. The van der Waals surface area contributed by atoms with E-state index >= 15 is 8.78 Å². The molecule has 0 fully saturated rings. The van der Waals surface area contributed by atoms with Crippen molar-refractivity contribution in [2.75, 3.05) is 19.8 Å². The van der Waals surface area contributed by atoms with E-state index in [1.165, 1.54) is 90.9 Å². The van der Waals surface area contributed by atoms with Crippen LogP contribution < -0.4 is 0 Å². The Morgan fingerprint density at radius 2 is 0.889 bits per heavy atom. The zero-order valence-electron chi connectivity index (χ0n) is 35.1. The van der Waals surface area contributed by atoms with Gasteiger partial charge in [0.2, 0.25) is 0 Å². The fraction of sp³-hybridized carbons (Fsp3) is 0.864. The van der Waals surface area contributed by atoms with Crippen molar-refractivity contribution in [1.29, 1.82) is 0 Å². The van der Waals surface area contributed by atoms with Crippen LogP contribution in [0.4, 0.5) is 8.78 Å². The number of carbonyl (C=O) groups is 2. The maximum absolute atomic E-state index is 15.3. The first-order valence-corrected chi connectivity index (χ1v) is 23.6. The molecule has 0 spiro atoms. The minimum atomic E-state index is -4.84. The number of hydrogen-bond donors (Lipinski definition) is 0. The van der Waals surface area contributed by atoms with Gasteiger partial charge in [-0.15, -0.1) is 0 Å². The van der Waals surface area contributed by atoms with Gasteiger partial charge in [-0.1, -0.05) is 141 Å². The summed E-state index contributed by atoms with van der Waals surface area (Å²) in [5.74, 6) is -1.18. The van der Waals surface area contributed by atoms with E-state index in [0.717, 1.165) is 77.0 Å².